The molecule has 0 aromatic carbocycles. The van der Waals surface area contributed by atoms with Gasteiger partial charge in [0.15, 0.2) is 0 Å². The fourth-order valence-electron chi connectivity index (χ4n) is 1.38. The molecule has 0 N–H and O–H groups in total. The molecule has 0 amide bonds. The minimum atomic E-state index is -0.487. The van der Waals surface area contributed by atoms with Crippen LogP contribution in [0.4, 0.5) is 0 Å². The number of halogens is 1. The van der Waals surface area contributed by atoms with Gasteiger partial charge in [-0.05, 0) is 0 Å². The summed E-state index contributed by atoms with van der Waals surface area (Å²) in [5.41, 5.74) is 0. The minimum absolute atomic E-state index is 0. The monoisotopic (exact) mass is 254 g/mol. The zero-order valence-corrected chi connectivity index (χ0v) is 10.4. The maximum atomic E-state index is 2.32. The van der Waals surface area contributed by atoms with Gasteiger partial charge in [-0.15, -0.1) is 0 Å². The van der Waals surface area contributed by atoms with E-state index in [0.29, 0.717) is 0 Å². The van der Waals surface area contributed by atoms with Crippen molar-refractivity contribution in [3.05, 3.63) is 41.2 Å². The summed E-state index contributed by atoms with van der Waals surface area (Å²) < 4.78 is 3.49. The predicted octanol–water partition coefficient (Wildman–Crippen LogP) is -0.240. The van der Waals surface area contributed by atoms with E-state index < -0.39 is 29.2 Å². The van der Waals surface area contributed by atoms with Crippen LogP contribution in [0.3, 0.4) is 0 Å². The SMILES string of the molecule is C1=CC[C]([Y+][C]2=CC=CC2)=C1.[Cl-]. The Morgan fingerprint density at radius 2 is 1.42 bits per heavy atom. The second-order valence-corrected chi connectivity index (χ2v) is 7.25. The van der Waals surface area contributed by atoms with Gasteiger partial charge in [0.25, 0.3) is 0 Å². The quantitative estimate of drug-likeness (QED) is 0.638. The molecule has 2 rings (SSSR count). The zero-order chi connectivity index (χ0) is 7.52. The Balaban J connectivity index is 0.000000720. The molecule has 0 fully saturated rings. The summed E-state index contributed by atoms with van der Waals surface area (Å²) in [7, 11) is 0. The summed E-state index contributed by atoms with van der Waals surface area (Å²) >= 11 is -0.487. The van der Waals surface area contributed by atoms with Crippen molar-refractivity contribution in [3.63, 3.8) is 0 Å². The third-order valence-electron chi connectivity index (χ3n) is 1.97. The summed E-state index contributed by atoms with van der Waals surface area (Å²) in [6.07, 6.45) is 16.1. The Hall–Kier alpha value is 0.354. The molecule has 0 saturated heterocycles. The van der Waals surface area contributed by atoms with E-state index in [1.807, 2.05) is 0 Å². The molecule has 0 aromatic rings. The standard InChI is InChI=1S/2C5H5.ClH.Y/c2*1-2-4-5-3-1;;/h2*1-3H,4H2;1H;/q;;;+1/p-1. The van der Waals surface area contributed by atoms with Gasteiger partial charge in [0, 0.05) is 0 Å². The van der Waals surface area contributed by atoms with E-state index in [1.165, 1.54) is 12.8 Å². The molecule has 0 spiro atoms. The van der Waals surface area contributed by atoms with Crippen molar-refractivity contribution < 1.29 is 41.6 Å². The first-order valence-electron chi connectivity index (χ1n) is 4.01. The molecule has 0 nitrogen and oxygen atoms in total. The van der Waals surface area contributed by atoms with Crippen LogP contribution < -0.4 is 12.4 Å². The fourth-order valence-corrected chi connectivity index (χ4v) is 4.82. The van der Waals surface area contributed by atoms with Gasteiger partial charge >= 0.3 is 83.3 Å². The average Bonchev–Trinajstić information content (AvgIpc) is 2.60. The normalized spacial score (nSPS) is 18.3. The van der Waals surface area contributed by atoms with Crippen LogP contribution in [-0.4, -0.2) is 0 Å². The molecule has 2 heteroatoms. The Labute approximate surface area is 94.9 Å². The van der Waals surface area contributed by atoms with Crippen LogP contribution in [0.5, 0.6) is 0 Å². The van der Waals surface area contributed by atoms with Gasteiger partial charge in [0.05, 0.1) is 0 Å². The van der Waals surface area contributed by atoms with E-state index in [-0.39, 0.29) is 12.4 Å². The van der Waals surface area contributed by atoms with Gasteiger partial charge in [-0.2, -0.15) is 0 Å². The first kappa shape index (κ1) is 10.4. The van der Waals surface area contributed by atoms with Crippen molar-refractivity contribution in [2.45, 2.75) is 12.8 Å². The first-order chi connectivity index (χ1) is 5.45. The van der Waals surface area contributed by atoms with Crippen LogP contribution in [0.15, 0.2) is 41.2 Å². The Morgan fingerprint density at radius 1 is 0.917 bits per heavy atom. The van der Waals surface area contributed by atoms with Gasteiger partial charge in [-0.3, -0.25) is 0 Å². The maximum absolute atomic E-state index is 2.32. The molecule has 0 bridgehead atoms. The molecule has 12 heavy (non-hydrogen) atoms. The van der Waals surface area contributed by atoms with Gasteiger partial charge in [0.2, 0.25) is 0 Å². The van der Waals surface area contributed by atoms with E-state index >= 15 is 0 Å². The molecule has 0 saturated carbocycles. The Bertz CT molecular complexity index is 244. The summed E-state index contributed by atoms with van der Waals surface area (Å²) in [4.78, 5) is 0. The molecule has 60 valence electrons. The molecule has 0 atom stereocenters. The van der Waals surface area contributed by atoms with Crippen molar-refractivity contribution >= 4 is 0 Å². The molecule has 0 aliphatic heterocycles. The summed E-state index contributed by atoms with van der Waals surface area (Å²) in [6, 6.07) is 0. The predicted molar refractivity (Wildman–Crippen MR) is 43.7 cm³/mol. The van der Waals surface area contributed by atoms with Crippen molar-refractivity contribution in [3.8, 4) is 0 Å². The molecule has 2 aliphatic rings. The van der Waals surface area contributed by atoms with Crippen LogP contribution in [0.1, 0.15) is 12.8 Å². The molecule has 2 aliphatic carbocycles. The van der Waals surface area contributed by atoms with E-state index in [4.69, 9.17) is 0 Å². The summed E-state index contributed by atoms with van der Waals surface area (Å²) in [5.74, 6) is 0. The van der Waals surface area contributed by atoms with Crippen LogP contribution in [0.25, 0.3) is 0 Å². The molecule has 0 unspecified atom stereocenters. The molecular weight excluding hydrogens is 244 g/mol. The van der Waals surface area contributed by atoms with Gasteiger partial charge < -0.3 is 12.4 Å². The zero-order valence-electron chi connectivity index (χ0n) is 6.83. The van der Waals surface area contributed by atoms with Gasteiger partial charge in [0.1, 0.15) is 0 Å². The smallest absolute Gasteiger partial charge is 1.00 e. The van der Waals surface area contributed by atoms with Crippen molar-refractivity contribution in [2.24, 2.45) is 0 Å². The van der Waals surface area contributed by atoms with Gasteiger partial charge in [-0.25, -0.2) is 0 Å². The molecule has 0 radical (unpaired) electrons. The Kier molecular flexibility index (Phi) is 4.49. The number of hydrogen-bond donors (Lipinski definition) is 0. The van der Waals surface area contributed by atoms with Crippen molar-refractivity contribution in [1.82, 2.24) is 0 Å². The molecular formula is C10H10ClY. The van der Waals surface area contributed by atoms with E-state index in [9.17, 15) is 0 Å². The number of hydrogen-bond acceptors (Lipinski definition) is 0. The fraction of sp³-hybridized carbons (Fsp3) is 0.200. The minimum Gasteiger partial charge on any atom is -1.00 e. The number of allylic oxidation sites excluding steroid dienone is 8. The van der Waals surface area contributed by atoms with E-state index in [1.54, 1.807) is 4.77 Å². The molecule has 0 heterocycles. The van der Waals surface area contributed by atoms with Crippen molar-refractivity contribution in [2.75, 3.05) is 0 Å². The van der Waals surface area contributed by atoms with Crippen LogP contribution in [0, 0.1) is 0 Å². The summed E-state index contributed by atoms with van der Waals surface area (Å²) in [6.45, 7) is 0. The third kappa shape index (κ3) is 2.69. The average molecular weight is 255 g/mol. The van der Waals surface area contributed by atoms with E-state index in [0.717, 1.165) is 0 Å². The van der Waals surface area contributed by atoms with Crippen LogP contribution >= 0.6 is 0 Å². The second-order valence-electron chi connectivity index (χ2n) is 2.89. The largest absolute Gasteiger partial charge is 1.00 e. The van der Waals surface area contributed by atoms with E-state index in [2.05, 4.69) is 36.5 Å². The van der Waals surface area contributed by atoms with Crippen molar-refractivity contribution in [1.29, 1.82) is 0 Å². The number of rotatable bonds is 2. The Morgan fingerprint density at radius 3 is 1.75 bits per heavy atom. The van der Waals surface area contributed by atoms with Crippen LogP contribution in [-0.2, 0) is 29.2 Å². The summed E-state index contributed by atoms with van der Waals surface area (Å²) in [5, 5.41) is 0. The maximum Gasteiger partial charge on any atom is -1.00 e. The first-order valence-corrected chi connectivity index (χ1v) is 6.85. The van der Waals surface area contributed by atoms with Crippen LogP contribution in [0.2, 0.25) is 0 Å². The third-order valence-corrected chi connectivity index (χ3v) is 5.90. The van der Waals surface area contributed by atoms with Gasteiger partial charge in [-0.1, -0.05) is 0 Å². The molecule has 0 aromatic heterocycles. The topological polar surface area (TPSA) is 0 Å². The second kappa shape index (κ2) is 5.16.